The molecular weight excluding hydrogens is 295 g/mol. The van der Waals surface area contributed by atoms with Crippen LogP contribution in [0.4, 0.5) is 10.1 Å². The second-order valence-electron chi connectivity index (χ2n) is 4.02. The zero-order valence-electron chi connectivity index (χ0n) is 10.1. The lowest BCUT2D eigenvalue weighted by atomic mass is 10.1. The molecule has 0 unspecified atom stereocenters. The highest BCUT2D eigenvalue weighted by atomic mass is 79.9. The Balaban J connectivity index is 2.10. The van der Waals surface area contributed by atoms with E-state index in [9.17, 15) is 4.39 Å². The Hall–Kier alpha value is -1.42. The predicted molar refractivity (Wildman–Crippen MR) is 75.0 cm³/mol. The first kappa shape index (κ1) is 13.0. The molecule has 1 N–H and O–H groups in total. The van der Waals surface area contributed by atoms with Crippen molar-refractivity contribution in [3.63, 3.8) is 0 Å². The van der Waals surface area contributed by atoms with E-state index in [1.807, 2.05) is 12.1 Å². The smallest absolute Gasteiger partial charge is 0.141 e. The monoisotopic (exact) mass is 308 g/mol. The van der Waals surface area contributed by atoms with E-state index in [1.54, 1.807) is 6.20 Å². The molecule has 0 bridgehead atoms. The van der Waals surface area contributed by atoms with Gasteiger partial charge in [0.1, 0.15) is 5.82 Å². The number of benzene rings is 1. The normalized spacial score (nSPS) is 10.4. The average molecular weight is 309 g/mol. The van der Waals surface area contributed by atoms with E-state index in [4.69, 9.17) is 0 Å². The molecule has 4 heteroatoms. The number of halogens is 2. The maximum Gasteiger partial charge on any atom is 0.141 e. The second-order valence-corrected chi connectivity index (χ2v) is 4.94. The van der Waals surface area contributed by atoms with E-state index >= 15 is 0 Å². The largest absolute Gasteiger partial charge is 0.381 e. The van der Waals surface area contributed by atoms with Crippen LogP contribution >= 0.6 is 15.9 Å². The van der Waals surface area contributed by atoms with Crippen molar-refractivity contribution in [1.82, 2.24) is 4.98 Å². The fraction of sp³-hybridized carbons (Fsp3) is 0.214. The molecule has 2 nitrogen and oxygen atoms in total. The summed E-state index contributed by atoms with van der Waals surface area (Å²) in [5, 5.41) is 3.31. The summed E-state index contributed by atoms with van der Waals surface area (Å²) in [5.74, 6) is -0.305. The number of anilines is 1. The molecule has 18 heavy (non-hydrogen) atoms. The van der Waals surface area contributed by atoms with Crippen LogP contribution in [0.5, 0.6) is 0 Å². The summed E-state index contributed by atoms with van der Waals surface area (Å²) in [6.45, 7) is 2.68. The first-order valence-corrected chi connectivity index (χ1v) is 6.60. The number of aromatic nitrogens is 1. The van der Waals surface area contributed by atoms with Gasteiger partial charge in [-0.15, -0.1) is 0 Å². The first-order chi connectivity index (χ1) is 8.69. The summed E-state index contributed by atoms with van der Waals surface area (Å²) >= 11 is 3.46. The summed E-state index contributed by atoms with van der Waals surface area (Å²) in [7, 11) is 0. The number of nitrogens with zero attached hydrogens (tertiary/aromatic N) is 1. The molecule has 0 spiro atoms. The molecule has 1 aromatic carbocycles. The Morgan fingerprint density at radius 2 is 2.11 bits per heavy atom. The highest BCUT2D eigenvalue weighted by Gasteiger charge is 2.02. The summed E-state index contributed by atoms with van der Waals surface area (Å²) in [6, 6.07) is 7.59. The molecule has 0 atom stereocenters. The molecule has 94 valence electrons. The van der Waals surface area contributed by atoms with Crippen LogP contribution in [0.1, 0.15) is 18.1 Å². The van der Waals surface area contributed by atoms with E-state index in [-0.39, 0.29) is 5.82 Å². The summed E-state index contributed by atoms with van der Waals surface area (Å²) in [5.41, 5.74) is 3.14. The van der Waals surface area contributed by atoms with Crippen molar-refractivity contribution < 1.29 is 4.39 Å². The van der Waals surface area contributed by atoms with Crippen molar-refractivity contribution in [3.05, 3.63) is 58.1 Å². The zero-order valence-corrected chi connectivity index (χ0v) is 11.7. The fourth-order valence-corrected chi connectivity index (χ4v) is 2.19. The van der Waals surface area contributed by atoms with Crippen molar-refractivity contribution in [3.8, 4) is 0 Å². The van der Waals surface area contributed by atoms with E-state index < -0.39 is 0 Å². The van der Waals surface area contributed by atoms with Gasteiger partial charge in [0.25, 0.3) is 0 Å². The van der Waals surface area contributed by atoms with Gasteiger partial charge in [-0.05, 0) is 41.8 Å². The number of rotatable bonds is 4. The maximum absolute atomic E-state index is 13.0. The Morgan fingerprint density at radius 1 is 1.28 bits per heavy atom. The van der Waals surface area contributed by atoms with Gasteiger partial charge >= 0.3 is 0 Å². The molecule has 0 amide bonds. The van der Waals surface area contributed by atoms with Crippen LogP contribution in [0, 0.1) is 5.82 Å². The maximum atomic E-state index is 13.0. The lowest BCUT2D eigenvalue weighted by Gasteiger charge is -2.11. The van der Waals surface area contributed by atoms with E-state index in [0.29, 0.717) is 6.54 Å². The third-order valence-electron chi connectivity index (χ3n) is 2.69. The quantitative estimate of drug-likeness (QED) is 0.917. The van der Waals surface area contributed by atoms with Gasteiger partial charge < -0.3 is 5.32 Å². The van der Waals surface area contributed by atoms with Gasteiger partial charge in [0.05, 0.1) is 6.20 Å². The van der Waals surface area contributed by atoms with Gasteiger partial charge in [-0.1, -0.05) is 22.9 Å². The molecule has 1 aromatic heterocycles. The second kappa shape index (κ2) is 5.96. The summed E-state index contributed by atoms with van der Waals surface area (Å²) < 4.78 is 14.1. The minimum atomic E-state index is -0.305. The van der Waals surface area contributed by atoms with E-state index in [0.717, 1.165) is 22.1 Å². The summed E-state index contributed by atoms with van der Waals surface area (Å²) in [4.78, 5) is 3.83. The van der Waals surface area contributed by atoms with Crippen molar-refractivity contribution in [2.75, 3.05) is 5.32 Å². The molecule has 0 saturated carbocycles. The van der Waals surface area contributed by atoms with Gasteiger partial charge in [0.15, 0.2) is 0 Å². The molecule has 2 aromatic rings. The molecule has 2 rings (SSSR count). The van der Waals surface area contributed by atoms with Crippen LogP contribution in [0.2, 0.25) is 0 Å². The Kier molecular flexibility index (Phi) is 4.31. The molecule has 0 aliphatic heterocycles. The minimum Gasteiger partial charge on any atom is -0.381 e. The standard InChI is InChI=1S/C14H14BrFN2/c1-2-11-6-12(15)3-4-14(11)18-8-10-5-13(16)9-17-7-10/h3-7,9,18H,2,8H2,1H3. The molecule has 0 fully saturated rings. The van der Waals surface area contributed by atoms with Gasteiger partial charge in [-0.2, -0.15) is 0 Å². The molecule has 0 radical (unpaired) electrons. The molecular formula is C14H14BrFN2. The number of hydrogen-bond donors (Lipinski definition) is 1. The molecule has 0 aliphatic rings. The van der Waals surface area contributed by atoms with Gasteiger partial charge in [0, 0.05) is 22.9 Å². The highest BCUT2D eigenvalue weighted by molar-refractivity contribution is 9.10. The highest BCUT2D eigenvalue weighted by Crippen LogP contribution is 2.22. The van der Waals surface area contributed by atoms with Crippen LogP contribution in [-0.2, 0) is 13.0 Å². The lowest BCUT2D eigenvalue weighted by Crippen LogP contribution is -2.03. The van der Waals surface area contributed by atoms with Crippen LogP contribution in [0.15, 0.2) is 41.1 Å². The van der Waals surface area contributed by atoms with E-state index in [2.05, 4.69) is 39.2 Å². The van der Waals surface area contributed by atoms with E-state index in [1.165, 1.54) is 17.8 Å². The molecule has 1 heterocycles. The van der Waals surface area contributed by atoms with Crippen molar-refractivity contribution in [1.29, 1.82) is 0 Å². The SMILES string of the molecule is CCc1cc(Br)ccc1NCc1cncc(F)c1. The predicted octanol–water partition coefficient (Wildman–Crippen LogP) is 4.16. The number of aryl methyl sites for hydroxylation is 1. The minimum absolute atomic E-state index is 0.305. The van der Waals surface area contributed by atoms with Gasteiger partial charge in [0.2, 0.25) is 0 Å². The van der Waals surface area contributed by atoms with Crippen molar-refractivity contribution >= 4 is 21.6 Å². The van der Waals surface area contributed by atoms with Crippen LogP contribution in [0.3, 0.4) is 0 Å². The third kappa shape index (κ3) is 3.29. The van der Waals surface area contributed by atoms with Crippen LogP contribution < -0.4 is 5.32 Å². The van der Waals surface area contributed by atoms with Crippen molar-refractivity contribution in [2.24, 2.45) is 0 Å². The first-order valence-electron chi connectivity index (χ1n) is 5.80. The zero-order chi connectivity index (χ0) is 13.0. The lowest BCUT2D eigenvalue weighted by molar-refractivity contribution is 0.619. The average Bonchev–Trinajstić information content (AvgIpc) is 2.37. The topological polar surface area (TPSA) is 24.9 Å². The molecule has 0 saturated heterocycles. The molecule has 0 aliphatic carbocycles. The van der Waals surface area contributed by atoms with Gasteiger partial charge in [-0.3, -0.25) is 4.98 Å². The van der Waals surface area contributed by atoms with Crippen LogP contribution in [-0.4, -0.2) is 4.98 Å². The summed E-state index contributed by atoms with van der Waals surface area (Å²) in [6.07, 6.45) is 3.82. The Bertz CT molecular complexity index is 543. The Labute approximate surface area is 114 Å². The number of hydrogen-bond acceptors (Lipinski definition) is 2. The third-order valence-corrected chi connectivity index (χ3v) is 3.19. The Morgan fingerprint density at radius 3 is 2.83 bits per heavy atom. The fourth-order valence-electron chi connectivity index (χ4n) is 1.78. The number of nitrogens with one attached hydrogen (secondary N) is 1. The van der Waals surface area contributed by atoms with Crippen LogP contribution in [0.25, 0.3) is 0 Å². The van der Waals surface area contributed by atoms with Gasteiger partial charge in [-0.25, -0.2) is 4.39 Å². The van der Waals surface area contributed by atoms with Crippen molar-refractivity contribution in [2.45, 2.75) is 19.9 Å². The number of pyridine rings is 1.